The molecule has 3 N–H and O–H groups in total. The quantitative estimate of drug-likeness (QED) is 0.794. The van der Waals surface area contributed by atoms with Gasteiger partial charge in [-0.25, -0.2) is 0 Å². The van der Waals surface area contributed by atoms with E-state index in [0.29, 0.717) is 5.69 Å². The summed E-state index contributed by atoms with van der Waals surface area (Å²) in [6.45, 7) is 2.63. The summed E-state index contributed by atoms with van der Waals surface area (Å²) in [6, 6.07) is 9.00. The number of halogens is 1. The van der Waals surface area contributed by atoms with Gasteiger partial charge in [0, 0.05) is 17.9 Å². The van der Waals surface area contributed by atoms with Gasteiger partial charge in [-0.3, -0.25) is 9.69 Å². The first-order valence-corrected chi connectivity index (χ1v) is 8.22. The number of anilines is 2. The highest BCUT2D eigenvalue weighted by atomic mass is 79.9. The lowest BCUT2D eigenvalue weighted by Crippen LogP contribution is -2.39. The van der Waals surface area contributed by atoms with E-state index in [1.807, 2.05) is 18.9 Å². The largest absolute Gasteiger partial charge is 0.399 e. The molecular formula is C15H18BrN3OS. The van der Waals surface area contributed by atoms with Gasteiger partial charge in [-0.2, -0.15) is 0 Å². The van der Waals surface area contributed by atoms with E-state index in [1.165, 1.54) is 5.56 Å². The summed E-state index contributed by atoms with van der Waals surface area (Å²) in [5.74, 6) is -0.0310. The third-order valence-corrected chi connectivity index (χ3v) is 4.83. The van der Waals surface area contributed by atoms with Crippen LogP contribution in [0.2, 0.25) is 0 Å². The Balaban J connectivity index is 1.93. The zero-order valence-electron chi connectivity index (χ0n) is 12.0. The molecule has 1 aromatic heterocycles. The highest BCUT2D eigenvalue weighted by Gasteiger charge is 2.18. The smallest absolute Gasteiger partial charge is 0.241 e. The van der Waals surface area contributed by atoms with Crippen LogP contribution in [0.15, 0.2) is 39.5 Å². The third kappa shape index (κ3) is 4.56. The Morgan fingerprint density at radius 3 is 2.67 bits per heavy atom. The van der Waals surface area contributed by atoms with E-state index < -0.39 is 0 Å². The number of thiophene rings is 1. The van der Waals surface area contributed by atoms with Gasteiger partial charge in [0.05, 0.1) is 9.83 Å². The molecule has 0 spiro atoms. The molecule has 0 saturated heterocycles. The van der Waals surface area contributed by atoms with Gasteiger partial charge in [0.1, 0.15) is 0 Å². The minimum absolute atomic E-state index is 0.0310. The summed E-state index contributed by atoms with van der Waals surface area (Å²) >= 11 is 5.10. The van der Waals surface area contributed by atoms with E-state index in [4.69, 9.17) is 5.73 Å². The molecule has 2 rings (SSSR count). The zero-order chi connectivity index (χ0) is 15.4. The van der Waals surface area contributed by atoms with Gasteiger partial charge < -0.3 is 11.1 Å². The summed E-state index contributed by atoms with van der Waals surface area (Å²) in [6.07, 6.45) is 0. The standard InChI is InChI=1S/C15H18BrN3OS/c1-10(19(2)8-11-7-14(16)21-9-11)15(20)18-13-5-3-12(17)4-6-13/h3-7,9-10H,8,17H2,1-2H3,(H,18,20). The average molecular weight is 368 g/mol. The van der Waals surface area contributed by atoms with Crippen LogP contribution in [0.5, 0.6) is 0 Å². The number of nitrogens with one attached hydrogen (secondary N) is 1. The number of carbonyl (C=O) groups excluding carboxylic acids is 1. The van der Waals surface area contributed by atoms with Crippen LogP contribution in [0.1, 0.15) is 12.5 Å². The van der Waals surface area contributed by atoms with Crippen molar-refractivity contribution in [3.8, 4) is 0 Å². The first kappa shape index (κ1) is 16.0. The predicted octanol–water partition coefficient (Wildman–Crippen LogP) is 3.55. The lowest BCUT2D eigenvalue weighted by atomic mass is 10.2. The minimum atomic E-state index is -0.221. The van der Waals surface area contributed by atoms with Crippen LogP contribution in [0.3, 0.4) is 0 Å². The van der Waals surface area contributed by atoms with Crippen LogP contribution >= 0.6 is 27.3 Å². The highest BCUT2D eigenvalue weighted by molar-refractivity contribution is 9.11. The van der Waals surface area contributed by atoms with Crippen molar-refractivity contribution >= 4 is 44.5 Å². The molecule has 0 saturated carbocycles. The molecule has 1 unspecified atom stereocenters. The number of nitrogens with zero attached hydrogens (tertiary/aromatic N) is 1. The molecule has 1 amide bonds. The van der Waals surface area contributed by atoms with Gasteiger partial charge in [-0.05, 0) is 71.2 Å². The predicted molar refractivity (Wildman–Crippen MR) is 92.4 cm³/mol. The van der Waals surface area contributed by atoms with Crippen molar-refractivity contribution in [2.24, 2.45) is 0 Å². The first-order valence-electron chi connectivity index (χ1n) is 6.55. The number of amides is 1. The fraction of sp³-hybridized carbons (Fsp3) is 0.267. The lowest BCUT2D eigenvalue weighted by molar-refractivity contribution is -0.120. The van der Waals surface area contributed by atoms with Crippen molar-refractivity contribution in [1.82, 2.24) is 4.90 Å². The average Bonchev–Trinajstić information content (AvgIpc) is 2.85. The normalized spacial score (nSPS) is 12.4. The van der Waals surface area contributed by atoms with Crippen LogP contribution in [-0.4, -0.2) is 23.9 Å². The Morgan fingerprint density at radius 2 is 2.10 bits per heavy atom. The van der Waals surface area contributed by atoms with Crippen LogP contribution in [0.4, 0.5) is 11.4 Å². The van der Waals surface area contributed by atoms with E-state index in [1.54, 1.807) is 35.6 Å². The second-order valence-electron chi connectivity index (χ2n) is 4.96. The number of rotatable bonds is 5. The summed E-state index contributed by atoms with van der Waals surface area (Å²) in [5, 5.41) is 4.99. The number of likely N-dealkylation sites (N-methyl/N-ethyl adjacent to an activating group) is 1. The molecule has 0 radical (unpaired) electrons. The molecule has 0 aliphatic heterocycles. The molecule has 4 nitrogen and oxygen atoms in total. The van der Waals surface area contributed by atoms with Gasteiger partial charge >= 0.3 is 0 Å². The van der Waals surface area contributed by atoms with Crippen molar-refractivity contribution in [3.05, 3.63) is 45.1 Å². The van der Waals surface area contributed by atoms with Crippen molar-refractivity contribution < 1.29 is 4.79 Å². The maximum Gasteiger partial charge on any atom is 0.241 e. The molecule has 1 atom stereocenters. The number of benzene rings is 1. The maximum atomic E-state index is 12.2. The van der Waals surface area contributed by atoms with Crippen molar-refractivity contribution in [1.29, 1.82) is 0 Å². The third-order valence-electron chi connectivity index (χ3n) is 3.27. The topological polar surface area (TPSA) is 58.4 Å². The van der Waals surface area contributed by atoms with Gasteiger partial charge in [0.15, 0.2) is 0 Å². The van der Waals surface area contributed by atoms with Crippen molar-refractivity contribution in [2.45, 2.75) is 19.5 Å². The molecule has 6 heteroatoms. The molecule has 112 valence electrons. The van der Waals surface area contributed by atoms with Crippen molar-refractivity contribution in [2.75, 3.05) is 18.1 Å². The Labute approximate surface area is 137 Å². The molecular weight excluding hydrogens is 350 g/mol. The van der Waals surface area contributed by atoms with Crippen LogP contribution in [0.25, 0.3) is 0 Å². The second kappa shape index (κ2) is 7.06. The molecule has 0 bridgehead atoms. The zero-order valence-corrected chi connectivity index (χ0v) is 14.4. The monoisotopic (exact) mass is 367 g/mol. The Morgan fingerprint density at radius 1 is 1.43 bits per heavy atom. The molecule has 0 aliphatic carbocycles. The molecule has 0 aliphatic rings. The SMILES string of the molecule is CC(C(=O)Nc1ccc(N)cc1)N(C)Cc1csc(Br)c1. The number of hydrogen-bond acceptors (Lipinski definition) is 4. The van der Waals surface area contributed by atoms with Crippen LogP contribution in [-0.2, 0) is 11.3 Å². The van der Waals surface area contributed by atoms with Gasteiger partial charge in [-0.15, -0.1) is 11.3 Å². The van der Waals surface area contributed by atoms with Crippen molar-refractivity contribution in [3.63, 3.8) is 0 Å². The Hall–Kier alpha value is -1.37. The van der Waals surface area contributed by atoms with Crippen LogP contribution in [0, 0.1) is 0 Å². The molecule has 21 heavy (non-hydrogen) atoms. The van der Waals surface area contributed by atoms with Gasteiger partial charge in [0.25, 0.3) is 0 Å². The van der Waals surface area contributed by atoms with Gasteiger partial charge in [-0.1, -0.05) is 0 Å². The second-order valence-corrected chi connectivity index (χ2v) is 7.25. The fourth-order valence-corrected chi connectivity index (χ4v) is 3.07. The Kier molecular flexibility index (Phi) is 5.39. The summed E-state index contributed by atoms with van der Waals surface area (Å²) in [5.41, 5.74) is 8.26. The molecule has 1 aromatic carbocycles. The molecule has 1 heterocycles. The Bertz CT molecular complexity index is 612. The first-order chi connectivity index (χ1) is 9.95. The van der Waals surface area contributed by atoms with E-state index in [2.05, 4.69) is 32.7 Å². The molecule has 0 fully saturated rings. The number of carbonyl (C=O) groups is 1. The van der Waals surface area contributed by atoms with Crippen LogP contribution < -0.4 is 11.1 Å². The number of nitrogen functional groups attached to an aromatic ring is 1. The van der Waals surface area contributed by atoms with E-state index in [0.717, 1.165) is 16.0 Å². The number of nitrogens with two attached hydrogens (primary N) is 1. The summed E-state index contributed by atoms with van der Waals surface area (Å²) in [4.78, 5) is 14.3. The highest BCUT2D eigenvalue weighted by Crippen LogP contribution is 2.22. The minimum Gasteiger partial charge on any atom is -0.399 e. The van der Waals surface area contributed by atoms with E-state index in [9.17, 15) is 4.79 Å². The van der Waals surface area contributed by atoms with E-state index >= 15 is 0 Å². The molecule has 2 aromatic rings. The maximum absolute atomic E-state index is 12.2. The fourth-order valence-electron chi connectivity index (χ4n) is 1.87. The summed E-state index contributed by atoms with van der Waals surface area (Å²) < 4.78 is 1.10. The van der Waals surface area contributed by atoms with E-state index in [-0.39, 0.29) is 11.9 Å². The number of hydrogen-bond donors (Lipinski definition) is 2. The lowest BCUT2D eigenvalue weighted by Gasteiger charge is -2.23. The van der Waals surface area contributed by atoms with Gasteiger partial charge in [0.2, 0.25) is 5.91 Å². The summed E-state index contributed by atoms with van der Waals surface area (Å²) in [7, 11) is 1.94.